The van der Waals surface area contributed by atoms with Crippen molar-refractivity contribution in [3.63, 3.8) is 0 Å². The van der Waals surface area contributed by atoms with Crippen LogP contribution in [-0.2, 0) is 4.74 Å². The van der Waals surface area contributed by atoms with Gasteiger partial charge in [0.05, 0.1) is 6.10 Å². The van der Waals surface area contributed by atoms with Gasteiger partial charge in [-0.1, -0.05) is 13.3 Å². The summed E-state index contributed by atoms with van der Waals surface area (Å²) in [4.78, 5) is 0. The third-order valence-electron chi connectivity index (χ3n) is 3.01. The van der Waals surface area contributed by atoms with Gasteiger partial charge in [0.25, 0.3) is 0 Å². The third kappa shape index (κ3) is 3.72. The highest BCUT2D eigenvalue weighted by Gasteiger charge is 2.35. The van der Waals surface area contributed by atoms with Crippen LogP contribution in [0.4, 0.5) is 0 Å². The first-order valence-corrected chi connectivity index (χ1v) is 5.88. The smallest absolute Gasteiger partial charge is 0.0593 e. The van der Waals surface area contributed by atoms with E-state index in [0.29, 0.717) is 12.6 Å². The molecule has 1 aliphatic heterocycles. The SMILES string of the molecule is CCCC1CC(CN)(NN(C)C)CCO1. The molecule has 0 aromatic heterocycles. The van der Waals surface area contributed by atoms with E-state index in [1.54, 1.807) is 0 Å². The lowest BCUT2D eigenvalue weighted by atomic mass is 9.86. The van der Waals surface area contributed by atoms with E-state index < -0.39 is 0 Å². The fraction of sp³-hybridized carbons (Fsp3) is 1.00. The summed E-state index contributed by atoms with van der Waals surface area (Å²) in [5, 5.41) is 2.00. The van der Waals surface area contributed by atoms with Crippen LogP contribution in [0.3, 0.4) is 0 Å². The first kappa shape index (κ1) is 12.9. The van der Waals surface area contributed by atoms with Crippen LogP contribution in [0.2, 0.25) is 0 Å². The predicted octanol–water partition coefficient (Wildman–Crippen LogP) is 0.729. The number of hydrazine groups is 1. The molecule has 0 aromatic carbocycles. The average molecular weight is 215 g/mol. The molecule has 1 saturated heterocycles. The molecule has 0 aromatic rings. The zero-order chi connectivity index (χ0) is 11.3. The van der Waals surface area contributed by atoms with Crippen molar-refractivity contribution in [1.29, 1.82) is 0 Å². The fourth-order valence-electron chi connectivity index (χ4n) is 2.33. The molecule has 0 amide bonds. The Morgan fingerprint density at radius 2 is 2.27 bits per heavy atom. The molecule has 2 unspecified atom stereocenters. The molecule has 4 nitrogen and oxygen atoms in total. The van der Waals surface area contributed by atoms with Gasteiger partial charge in [0.2, 0.25) is 0 Å². The van der Waals surface area contributed by atoms with E-state index in [4.69, 9.17) is 10.5 Å². The van der Waals surface area contributed by atoms with Gasteiger partial charge in [-0.05, 0) is 19.3 Å². The molecule has 4 heteroatoms. The first-order chi connectivity index (χ1) is 7.12. The molecule has 2 atom stereocenters. The summed E-state index contributed by atoms with van der Waals surface area (Å²) in [5.74, 6) is 0. The number of rotatable bonds is 5. The van der Waals surface area contributed by atoms with Crippen LogP contribution in [0.15, 0.2) is 0 Å². The summed E-state index contributed by atoms with van der Waals surface area (Å²) in [6.07, 6.45) is 4.71. The molecule has 3 N–H and O–H groups in total. The van der Waals surface area contributed by atoms with Gasteiger partial charge in [-0.15, -0.1) is 0 Å². The second kappa shape index (κ2) is 5.80. The van der Waals surface area contributed by atoms with Crippen LogP contribution >= 0.6 is 0 Å². The Kier molecular flexibility index (Phi) is 4.99. The number of hydrogen-bond acceptors (Lipinski definition) is 4. The van der Waals surface area contributed by atoms with Gasteiger partial charge in [-0.2, -0.15) is 0 Å². The van der Waals surface area contributed by atoms with E-state index in [1.165, 1.54) is 6.42 Å². The van der Waals surface area contributed by atoms with Crippen molar-refractivity contribution in [2.24, 2.45) is 5.73 Å². The summed E-state index contributed by atoms with van der Waals surface area (Å²) < 4.78 is 5.74. The Balaban J connectivity index is 2.55. The number of nitrogens with two attached hydrogens (primary N) is 1. The molecule has 1 heterocycles. The number of nitrogens with one attached hydrogen (secondary N) is 1. The van der Waals surface area contributed by atoms with Crippen molar-refractivity contribution >= 4 is 0 Å². The summed E-state index contributed by atoms with van der Waals surface area (Å²) in [5.41, 5.74) is 9.41. The van der Waals surface area contributed by atoms with Gasteiger partial charge < -0.3 is 10.5 Å². The third-order valence-corrected chi connectivity index (χ3v) is 3.01. The van der Waals surface area contributed by atoms with E-state index >= 15 is 0 Å². The van der Waals surface area contributed by atoms with Gasteiger partial charge in [0.15, 0.2) is 0 Å². The molecule has 1 aliphatic rings. The predicted molar refractivity (Wildman–Crippen MR) is 62.5 cm³/mol. The maximum absolute atomic E-state index is 5.90. The highest BCUT2D eigenvalue weighted by Crippen LogP contribution is 2.26. The van der Waals surface area contributed by atoms with Crippen LogP contribution in [0.25, 0.3) is 0 Å². The maximum atomic E-state index is 5.90. The van der Waals surface area contributed by atoms with Gasteiger partial charge in [0.1, 0.15) is 0 Å². The zero-order valence-corrected chi connectivity index (χ0v) is 10.3. The second-order valence-corrected chi connectivity index (χ2v) is 4.73. The van der Waals surface area contributed by atoms with E-state index in [0.717, 1.165) is 25.9 Å². The van der Waals surface area contributed by atoms with Crippen LogP contribution in [0.1, 0.15) is 32.6 Å². The molecule has 1 rings (SSSR count). The van der Waals surface area contributed by atoms with Crippen molar-refractivity contribution in [3.05, 3.63) is 0 Å². The lowest BCUT2D eigenvalue weighted by molar-refractivity contribution is -0.0469. The Bertz CT molecular complexity index is 185. The monoisotopic (exact) mass is 215 g/mol. The molecular weight excluding hydrogens is 190 g/mol. The van der Waals surface area contributed by atoms with Crippen molar-refractivity contribution in [2.75, 3.05) is 27.2 Å². The van der Waals surface area contributed by atoms with E-state index in [-0.39, 0.29) is 5.54 Å². The van der Waals surface area contributed by atoms with Crippen LogP contribution in [0, 0.1) is 0 Å². The lowest BCUT2D eigenvalue weighted by Gasteiger charge is -2.42. The zero-order valence-electron chi connectivity index (χ0n) is 10.3. The van der Waals surface area contributed by atoms with Crippen LogP contribution < -0.4 is 11.2 Å². The molecule has 1 fully saturated rings. The normalized spacial score (nSPS) is 32.2. The largest absolute Gasteiger partial charge is 0.378 e. The van der Waals surface area contributed by atoms with Gasteiger partial charge in [-0.3, -0.25) is 5.01 Å². The average Bonchev–Trinajstić information content (AvgIpc) is 2.18. The van der Waals surface area contributed by atoms with Crippen molar-refractivity contribution in [3.8, 4) is 0 Å². The Morgan fingerprint density at radius 1 is 1.53 bits per heavy atom. The Labute approximate surface area is 93.1 Å². The number of hydrogen-bond donors (Lipinski definition) is 2. The molecule has 0 aliphatic carbocycles. The molecule has 0 spiro atoms. The minimum atomic E-state index is 0.0432. The highest BCUT2D eigenvalue weighted by atomic mass is 16.5. The summed E-state index contributed by atoms with van der Waals surface area (Å²) in [7, 11) is 4.03. The molecule has 0 bridgehead atoms. The second-order valence-electron chi connectivity index (χ2n) is 4.73. The quantitative estimate of drug-likeness (QED) is 0.664. The van der Waals surface area contributed by atoms with Crippen molar-refractivity contribution < 1.29 is 4.74 Å². The van der Waals surface area contributed by atoms with E-state index in [2.05, 4.69) is 12.3 Å². The van der Waals surface area contributed by atoms with Crippen LogP contribution in [0.5, 0.6) is 0 Å². The minimum absolute atomic E-state index is 0.0432. The first-order valence-electron chi connectivity index (χ1n) is 5.88. The lowest BCUT2D eigenvalue weighted by Crippen LogP contribution is -2.60. The maximum Gasteiger partial charge on any atom is 0.0593 e. The Morgan fingerprint density at radius 3 is 2.80 bits per heavy atom. The molecule has 90 valence electrons. The highest BCUT2D eigenvalue weighted by molar-refractivity contribution is 4.93. The summed E-state index contributed by atoms with van der Waals surface area (Å²) in [6, 6.07) is 0. The van der Waals surface area contributed by atoms with Gasteiger partial charge >= 0.3 is 0 Å². The van der Waals surface area contributed by atoms with Crippen LogP contribution in [-0.4, -0.2) is 43.9 Å². The summed E-state index contributed by atoms with van der Waals surface area (Å²) >= 11 is 0. The fourth-order valence-corrected chi connectivity index (χ4v) is 2.33. The number of nitrogens with zero attached hydrogens (tertiary/aromatic N) is 1. The summed E-state index contributed by atoms with van der Waals surface area (Å²) in [6.45, 7) is 3.69. The molecule has 0 radical (unpaired) electrons. The van der Waals surface area contributed by atoms with E-state index in [9.17, 15) is 0 Å². The van der Waals surface area contributed by atoms with Gasteiger partial charge in [-0.25, -0.2) is 5.43 Å². The van der Waals surface area contributed by atoms with Gasteiger partial charge in [0, 0.05) is 32.8 Å². The topological polar surface area (TPSA) is 50.5 Å². The number of ether oxygens (including phenoxy) is 1. The van der Waals surface area contributed by atoms with Crippen molar-refractivity contribution in [1.82, 2.24) is 10.4 Å². The molecular formula is C11H25N3O. The van der Waals surface area contributed by atoms with Crippen molar-refractivity contribution in [2.45, 2.75) is 44.2 Å². The standard InChI is InChI=1S/C11H25N3O/c1-4-5-10-8-11(9-12,6-7-15-10)13-14(2)3/h10,13H,4-9,12H2,1-3H3. The molecule has 15 heavy (non-hydrogen) atoms. The van der Waals surface area contributed by atoms with E-state index in [1.807, 2.05) is 19.1 Å². The Hall–Kier alpha value is -0.160. The molecule has 0 saturated carbocycles. The minimum Gasteiger partial charge on any atom is -0.378 e.